The molecule has 1 N–H and O–H groups in total. The van der Waals surface area contributed by atoms with Gasteiger partial charge in [0.05, 0.1) is 10.6 Å². The summed E-state index contributed by atoms with van der Waals surface area (Å²) in [5.41, 5.74) is 2.98. The minimum atomic E-state index is -4.17. The van der Waals surface area contributed by atoms with Crippen LogP contribution >= 0.6 is 23.2 Å². The number of carbonyl (C=O) groups excluding carboxylic acids is 2. The van der Waals surface area contributed by atoms with Crippen LogP contribution in [-0.4, -0.2) is 44.3 Å². The summed E-state index contributed by atoms with van der Waals surface area (Å²) >= 11 is 12.1. The van der Waals surface area contributed by atoms with Crippen molar-refractivity contribution in [3.8, 4) is 0 Å². The van der Waals surface area contributed by atoms with Gasteiger partial charge in [-0.1, -0.05) is 55.2 Å². The van der Waals surface area contributed by atoms with Gasteiger partial charge in [-0.3, -0.25) is 13.9 Å². The number of sulfonamides is 1. The number of hydrogen-bond acceptors (Lipinski definition) is 4. The highest BCUT2D eigenvalue weighted by Gasteiger charge is 2.33. The number of hydrogen-bond donors (Lipinski definition) is 1. The monoisotopic (exact) mass is 603 g/mol. The summed E-state index contributed by atoms with van der Waals surface area (Å²) in [5, 5.41) is 3.82. The van der Waals surface area contributed by atoms with E-state index in [9.17, 15) is 18.0 Å². The van der Waals surface area contributed by atoms with Crippen molar-refractivity contribution in [2.75, 3.05) is 17.4 Å². The van der Waals surface area contributed by atoms with Crippen LogP contribution < -0.4 is 9.62 Å². The molecule has 0 aliphatic carbocycles. The van der Waals surface area contributed by atoms with Crippen molar-refractivity contribution in [1.82, 2.24) is 10.2 Å². The van der Waals surface area contributed by atoms with E-state index in [0.717, 1.165) is 27.4 Å². The van der Waals surface area contributed by atoms with Gasteiger partial charge in [-0.05, 0) is 91.9 Å². The van der Waals surface area contributed by atoms with Crippen LogP contribution in [0.25, 0.3) is 0 Å². The summed E-state index contributed by atoms with van der Waals surface area (Å²) in [7, 11) is -4.17. The number of aryl methyl sites for hydroxylation is 2. The zero-order valence-electron chi connectivity index (χ0n) is 23.2. The predicted octanol–water partition coefficient (Wildman–Crippen LogP) is 6.14. The molecule has 3 rings (SSSR count). The van der Waals surface area contributed by atoms with Crippen molar-refractivity contribution in [2.24, 2.45) is 0 Å². The Labute approximate surface area is 247 Å². The highest BCUT2D eigenvalue weighted by Crippen LogP contribution is 2.27. The summed E-state index contributed by atoms with van der Waals surface area (Å²) in [6, 6.07) is 17.2. The fourth-order valence-electron chi connectivity index (χ4n) is 4.22. The van der Waals surface area contributed by atoms with Crippen LogP contribution in [0, 0.1) is 13.8 Å². The third-order valence-electron chi connectivity index (χ3n) is 6.66. The lowest BCUT2D eigenvalue weighted by atomic mass is 10.1. The van der Waals surface area contributed by atoms with E-state index >= 15 is 0 Å². The molecule has 0 aromatic heterocycles. The largest absolute Gasteiger partial charge is 0.354 e. The second kappa shape index (κ2) is 14.0. The maximum atomic E-state index is 14.1. The smallest absolute Gasteiger partial charge is 0.264 e. The molecular formula is C30H35Cl2N3O4S. The molecule has 3 aromatic rings. The Balaban J connectivity index is 2.07. The average Bonchev–Trinajstić information content (AvgIpc) is 2.93. The first-order valence-corrected chi connectivity index (χ1v) is 15.3. The van der Waals surface area contributed by atoms with Gasteiger partial charge in [0, 0.05) is 23.1 Å². The molecule has 0 spiro atoms. The minimum Gasteiger partial charge on any atom is -0.354 e. The number of carbonyl (C=O) groups is 2. The van der Waals surface area contributed by atoms with Crippen LogP contribution in [-0.2, 0) is 26.2 Å². The van der Waals surface area contributed by atoms with Gasteiger partial charge in [-0.2, -0.15) is 0 Å². The molecule has 214 valence electrons. The van der Waals surface area contributed by atoms with Gasteiger partial charge in [-0.15, -0.1) is 0 Å². The molecule has 0 unspecified atom stereocenters. The first-order chi connectivity index (χ1) is 19.0. The van der Waals surface area contributed by atoms with Crippen LogP contribution in [0.15, 0.2) is 71.6 Å². The number of halogens is 2. The van der Waals surface area contributed by atoms with E-state index in [4.69, 9.17) is 23.2 Å². The van der Waals surface area contributed by atoms with Crippen LogP contribution in [0.3, 0.4) is 0 Å². The number of amides is 2. The maximum Gasteiger partial charge on any atom is 0.264 e. The molecule has 0 aliphatic heterocycles. The van der Waals surface area contributed by atoms with Gasteiger partial charge in [0.2, 0.25) is 11.8 Å². The first kappa shape index (κ1) is 31.5. The first-order valence-electron chi connectivity index (χ1n) is 13.1. The van der Waals surface area contributed by atoms with Crippen LogP contribution in [0.5, 0.6) is 0 Å². The Morgan fingerprint density at radius 3 is 2.02 bits per heavy atom. The van der Waals surface area contributed by atoms with E-state index in [-0.39, 0.29) is 17.3 Å². The average molecular weight is 605 g/mol. The SMILES string of the molecule is CCCNC(=O)[C@@H](CC)N(Cc1ccc(Cl)cc1)C(=O)CN(c1ccc(C)c(C)c1)S(=O)(=O)c1ccc(Cl)cc1. The zero-order chi connectivity index (χ0) is 29.4. The topological polar surface area (TPSA) is 86.8 Å². The van der Waals surface area contributed by atoms with E-state index in [1.54, 1.807) is 36.4 Å². The van der Waals surface area contributed by atoms with Crippen molar-refractivity contribution >= 4 is 50.7 Å². The van der Waals surface area contributed by atoms with E-state index in [1.165, 1.54) is 29.2 Å². The Kier molecular flexibility index (Phi) is 11.0. The summed E-state index contributed by atoms with van der Waals surface area (Å²) in [6.07, 6.45) is 1.09. The lowest BCUT2D eigenvalue weighted by Crippen LogP contribution is -2.52. The molecule has 10 heteroatoms. The summed E-state index contributed by atoms with van der Waals surface area (Å²) in [5.74, 6) is -0.797. The lowest BCUT2D eigenvalue weighted by molar-refractivity contribution is -0.140. The normalized spacial score (nSPS) is 12.1. The lowest BCUT2D eigenvalue weighted by Gasteiger charge is -2.33. The molecule has 40 heavy (non-hydrogen) atoms. The van der Waals surface area contributed by atoms with E-state index in [2.05, 4.69) is 5.32 Å². The van der Waals surface area contributed by atoms with Crippen molar-refractivity contribution in [3.05, 3.63) is 93.5 Å². The van der Waals surface area contributed by atoms with Gasteiger partial charge in [0.1, 0.15) is 12.6 Å². The van der Waals surface area contributed by atoms with Crippen molar-refractivity contribution < 1.29 is 18.0 Å². The van der Waals surface area contributed by atoms with Crippen molar-refractivity contribution in [1.29, 1.82) is 0 Å². The number of anilines is 1. The van der Waals surface area contributed by atoms with Crippen LogP contribution in [0.1, 0.15) is 43.4 Å². The fraction of sp³-hybridized carbons (Fsp3) is 0.333. The van der Waals surface area contributed by atoms with E-state index in [1.807, 2.05) is 33.8 Å². The van der Waals surface area contributed by atoms with Gasteiger partial charge in [0.15, 0.2) is 0 Å². The molecule has 0 radical (unpaired) electrons. The molecule has 3 aromatic carbocycles. The van der Waals surface area contributed by atoms with Crippen molar-refractivity contribution in [2.45, 2.75) is 58.0 Å². The van der Waals surface area contributed by atoms with Crippen LogP contribution in [0.2, 0.25) is 10.0 Å². The van der Waals surface area contributed by atoms with Gasteiger partial charge in [0.25, 0.3) is 10.0 Å². The maximum absolute atomic E-state index is 14.1. The Morgan fingerprint density at radius 1 is 0.875 bits per heavy atom. The zero-order valence-corrected chi connectivity index (χ0v) is 25.5. The summed E-state index contributed by atoms with van der Waals surface area (Å²) in [4.78, 5) is 28.6. The second-order valence-corrected chi connectivity index (χ2v) is 12.3. The Hall–Kier alpha value is -3.07. The van der Waals surface area contributed by atoms with E-state index in [0.29, 0.717) is 28.7 Å². The number of benzene rings is 3. The third kappa shape index (κ3) is 7.77. The molecule has 0 heterocycles. The Bertz CT molecular complexity index is 1430. The van der Waals surface area contributed by atoms with Gasteiger partial charge in [-0.25, -0.2) is 8.42 Å². The molecule has 0 fully saturated rings. The molecule has 7 nitrogen and oxygen atoms in total. The minimum absolute atomic E-state index is 0.0000836. The standard InChI is InChI=1S/C30H35Cl2N3O4S/c1-5-17-33-30(37)28(6-2)34(19-23-8-10-24(31)11-9-23)29(36)20-35(26-14-7-21(3)22(4)18-26)40(38,39)27-15-12-25(32)13-16-27/h7-16,18,28H,5-6,17,19-20H2,1-4H3,(H,33,37)/t28-/m1/s1. The van der Waals surface area contributed by atoms with Crippen LogP contribution in [0.4, 0.5) is 5.69 Å². The third-order valence-corrected chi connectivity index (χ3v) is 8.95. The highest BCUT2D eigenvalue weighted by molar-refractivity contribution is 7.92. The van der Waals surface area contributed by atoms with Gasteiger partial charge >= 0.3 is 0 Å². The molecule has 1 atom stereocenters. The molecular weight excluding hydrogens is 569 g/mol. The molecule has 2 amide bonds. The fourth-order valence-corrected chi connectivity index (χ4v) is 5.87. The highest BCUT2D eigenvalue weighted by atomic mass is 35.5. The predicted molar refractivity (Wildman–Crippen MR) is 161 cm³/mol. The summed E-state index contributed by atoms with van der Waals surface area (Å²) < 4.78 is 28.9. The number of rotatable bonds is 12. The quantitative estimate of drug-likeness (QED) is 0.269. The van der Waals surface area contributed by atoms with Gasteiger partial charge < -0.3 is 10.2 Å². The molecule has 0 saturated heterocycles. The molecule has 0 bridgehead atoms. The molecule has 0 saturated carbocycles. The Morgan fingerprint density at radius 2 is 1.48 bits per heavy atom. The number of nitrogens with one attached hydrogen (secondary N) is 1. The summed E-state index contributed by atoms with van der Waals surface area (Å²) in [6.45, 7) is 7.65. The second-order valence-electron chi connectivity index (χ2n) is 9.60. The number of nitrogens with zero attached hydrogens (tertiary/aromatic N) is 2. The van der Waals surface area contributed by atoms with E-state index < -0.39 is 28.5 Å². The van der Waals surface area contributed by atoms with Crippen molar-refractivity contribution in [3.63, 3.8) is 0 Å². The molecule has 0 aliphatic rings.